The van der Waals surface area contributed by atoms with Gasteiger partial charge in [0.1, 0.15) is 5.75 Å². The van der Waals surface area contributed by atoms with Gasteiger partial charge < -0.3 is 9.84 Å². The number of carbonyl (C=O) groups is 1. The number of carboxylic acid groups (broad SMARTS) is 1. The maximum Gasteiger partial charge on any atom is 0.336 e. The summed E-state index contributed by atoms with van der Waals surface area (Å²) in [7, 11) is 0. The molecule has 4 aliphatic rings. The van der Waals surface area contributed by atoms with Crippen LogP contribution in [-0.4, -0.2) is 17.7 Å². The molecule has 37 heavy (non-hydrogen) atoms. The molecule has 3 heteroatoms. The van der Waals surface area contributed by atoms with Crippen LogP contribution in [0.2, 0.25) is 0 Å². The summed E-state index contributed by atoms with van der Waals surface area (Å²) in [5.74, 6) is 2.84. The third-order valence-electron chi connectivity index (χ3n) is 9.52. The second-order valence-electron chi connectivity index (χ2n) is 12.2. The normalized spacial score (nSPS) is 26.0. The first-order valence-corrected chi connectivity index (χ1v) is 14.6. The van der Waals surface area contributed by atoms with E-state index in [-0.39, 0.29) is 5.41 Å². The van der Waals surface area contributed by atoms with Crippen molar-refractivity contribution in [3.05, 3.63) is 65.7 Å². The summed E-state index contributed by atoms with van der Waals surface area (Å²) in [6, 6.07) is 18.4. The van der Waals surface area contributed by atoms with Crippen molar-refractivity contribution >= 4 is 16.7 Å². The van der Waals surface area contributed by atoms with E-state index in [0.717, 1.165) is 47.7 Å². The fourth-order valence-electron chi connectivity index (χ4n) is 8.23. The van der Waals surface area contributed by atoms with Gasteiger partial charge in [-0.1, -0.05) is 62.9 Å². The summed E-state index contributed by atoms with van der Waals surface area (Å²) in [5, 5.41) is 12.1. The Balaban J connectivity index is 1.38. The van der Waals surface area contributed by atoms with Crippen molar-refractivity contribution in [2.45, 2.75) is 83.0 Å². The highest BCUT2D eigenvalue weighted by Crippen LogP contribution is 2.62. The number of unbranched alkanes of at least 4 members (excludes halogenated alkanes) is 4. The lowest BCUT2D eigenvalue weighted by Crippen LogP contribution is -2.48. The number of rotatable bonds is 10. The molecule has 3 aromatic rings. The second kappa shape index (κ2) is 10.2. The van der Waals surface area contributed by atoms with Gasteiger partial charge in [0.2, 0.25) is 0 Å². The van der Waals surface area contributed by atoms with E-state index in [1.807, 2.05) is 12.1 Å². The fraction of sp³-hybridized carbons (Fsp3) is 0.500. The average Bonchev–Trinajstić information content (AvgIpc) is 2.89. The van der Waals surface area contributed by atoms with Crippen LogP contribution < -0.4 is 4.74 Å². The molecule has 4 bridgehead atoms. The van der Waals surface area contributed by atoms with E-state index in [4.69, 9.17) is 4.74 Å². The maximum atomic E-state index is 11.9. The Morgan fingerprint density at radius 3 is 2.27 bits per heavy atom. The number of aromatic carboxylic acids is 1. The predicted octanol–water partition coefficient (Wildman–Crippen LogP) is 9.02. The van der Waals surface area contributed by atoms with Gasteiger partial charge in [0, 0.05) is 5.56 Å². The van der Waals surface area contributed by atoms with Crippen LogP contribution in [0.5, 0.6) is 5.75 Å². The summed E-state index contributed by atoms with van der Waals surface area (Å²) in [5.41, 5.74) is 3.77. The van der Waals surface area contributed by atoms with Crippen LogP contribution in [0, 0.1) is 17.8 Å². The number of carboxylic acids is 1. The molecule has 0 aliphatic heterocycles. The number of hydrogen-bond acceptors (Lipinski definition) is 2. The minimum absolute atomic E-state index is 0.245. The van der Waals surface area contributed by atoms with Crippen molar-refractivity contribution < 1.29 is 14.6 Å². The molecule has 4 fully saturated rings. The van der Waals surface area contributed by atoms with Crippen molar-refractivity contribution in [3.63, 3.8) is 0 Å². The minimum Gasteiger partial charge on any atom is -0.493 e. The SMILES string of the molecule is CCCCCCCOc1cc2ccc(-c3ccccc3C(=O)O)cc2cc1C12CC3CC(CC(C3)C1)C2. The van der Waals surface area contributed by atoms with Gasteiger partial charge >= 0.3 is 5.97 Å². The Morgan fingerprint density at radius 2 is 1.57 bits per heavy atom. The van der Waals surface area contributed by atoms with Gasteiger partial charge in [0.05, 0.1) is 12.2 Å². The zero-order valence-electron chi connectivity index (χ0n) is 22.2. The quantitative estimate of drug-likeness (QED) is 0.285. The van der Waals surface area contributed by atoms with Gasteiger partial charge in [0.15, 0.2) is 0 Å². The molecule has 0 aromatic heterocycles. The first kappa shape index (κ1) is 24.5. The first-order chi connectivity index (χ1) is 18.0. The smallest absolute Gasteiger partial charge is 0.336 e. The third-order valence-corrected chi connectivity index (χ3v) is 9.52. The lowest BCUT2D eigenvalue weighted by atomic mass is 9.48. The van der Waals surface area contributed by atoms with Gasteiger partial charge in [-0.15, -0.1) is 0 Å². The molecule has 194 valence electrons. The molecular formula is C34H40O3. The average molecular weight is 497 g/mol. The maximum absolute atomic E-state index is 11.9. The Bertz CT molecular complexity index is 1250. The van der Waals surface area contributed by atoms with Crippen LogP contribution in [-0.2, 0) is 5.41 Å². The van der Waals surface area contributed by atoms with Crippen LogP contribution in [0.3, 0.4) is 0 Å². The first-order valence-electron chi connectivity index (χ1n) is 14.6. The van der Waals surface area contributed by atoms with Crippen molar-refractivity contribution in [2.75, 3.05) is 6.61 Å². The molecule has 0 spiro atoms. The Morgan fingerprint density at radius 1 is 0.865 bits per heavy atom. The molecule has 4 saturated carbocycles. The highest BCUT2D eigenvalue weighted by Gasteiger charge is 2.52. The molecule has 0 unspecified atom stereocenters. The highest BCUT2D eigenvalue weighted by atomic mass is 16.5. The van der Waals surface area contributed by atoms with Gasteiger partial charge in [0.25, 0.3) is 0 Å². The molecule has 3 nitrogen and oxygen atoms in total. The van der Waals surface area contributed by atoms with E-state index < -0.39 is 5.97 Å². The Kier molecular flexibility index (Phi) is 6.73. The molecule has 0 saturated heterocycles. The molecular weight excluding hydrogens is 456 g/mol. The Labute approximate surface area is 221 Å². The molecule has 0 heterocycles. The van der Waals surface area contributed by atoms with E-state index in [0.29, 0.717) is 5.56 Å². The van der Waals surface area contributed by atoms with Crippen LogP contribution >= 0.6 is 0 Å². The van der Waals surface area contributed by atoms with Crippen LogP contribution in [0.15, 0.2) is 54.6 Å². The van der Waals surface area contributed by atoms with Crippen LogP contribution in [0.4, 0.5) is 0 Å². The van der Waals surface area contributed by atoms with Crippen molar-refractivity contribution in [1.29, 1.82) is 0 Å². The summed E-state index contributed by atoms with van der Waals surface area (Å²) < 4.78 is 6.60. The van der Waals surface area contributed by atoms with Crippen molar-refractivity contribution in [3.8, 4) is 16.9 Å². The molecule has 0 amide bonds. The minimum atomic E-state index is -0.882. The summed E-state index contributed by atoms with van der Waals surface area (Å²) in [6.45, 7) is 3.05. The van der Waals surface area contributed by atoms with Crippen molar-refractivity contribution in [2.24, 2.45) is 17.8 Å². The zero-order valence-corrected chi connectivity index (χ0v) is 22.2. The molecule has 4 aliphatic carbocycles. The molecule has 1 N–H and O–H groups in total. The fourth-order valence-corrected chi connectivity index (χ4v) is 8.23. The van der Waals surface area contributed by atoms with Crippen molar-refractivity contribution in [1.82, 2.24) is 0 Å². The van der Waals surface area contributed by atoms with E-state index >= 15 is 0 Å². The number of ether oxygens (including phenoxy) is 1. The number of benzene rings is 3. The van der Waals surface area contributed by atoms with E-state index in [9.17, 15) is 9.90 Å². The predicted molar refractivity (Wildman–Crippen MR) is 150 cm³/mol. The number of fused-ring (bicyclic) bond motifs is 1. The van der Waals surface area contributed by atoms with E-state index in [1.54, 1.807) is 12.1 Å². The monoisotopic (exact) mass is 496 g/mol. The third kappa shape index (κ3) is 4.78. The summed E-state index contributed by atoms with van der Waals surface area (Å²) >= 11 is 0. The molecule has 0 atom stereocenters. The van der Waals surface area contributed by atoms with Gasteiger partial charge in [-0.3, -0.25) is 0 Å². The lowest BCUT2D eigenvalue weighted by molar-refractivity contribution is -0.00633. The lowest BCUT2D eigenvalue weighted by Gasteiger charge is -2.57. The highest BCUT2D eigenvalue weighted by molar-refractivity contribution is 5.98. The Hall–Kier alpha value is -2.81. The number of hydrogen-bond donors (Lipinski definition) is 1. The van der Waals surface area contributed by atoms with Crippen LogP contribution in [0.1, 0.15) is 93.5 Å². The van der Waals surface area contributed by atoms with Gasteiger partial charge in [-0.2, -0.15) is 0 Å². The topological polar surface area (TPSA) is 46.5 Å². The molecule has 0 radical (unpaired) electrons. The molecule has 3 aromatic carbocycles. The van der Waals surface area contributed by atoms with E-state index in [2.05, 4.69) is 37.3 Å². The van der Waals surface area contributed by atoms with Gasteiger partial charge in [-0.05, 0) is 114 Å². The largest absolute Gasteiger partial charge is 0.493 e. The second-order valence-corrected chi connectivity index (χ2v) is 12.2. The standard InChI is InChI=1S/C34H40O3/c1-2-3-4-5-8-13-37-32-19-26-11-12-27(29-9-6-7-10-30(29)33(35)36)17-28(26)18-31(32)34-20-23-14-24(21-34)16-25(15-23)22-34/h6-7,9-12,17-19,23-25H,2-5,8,13-16,20-22H2,1H3,(H,35,36). The van der Waals surface area contributed by atoms with Gasteiger partial charge in [-0.25, -0.2) is 4.79 Å². The summed E-state index contributed by atoms with van der Waals surface area (Å²) in [4.78, 5) is 11.9. The zero-order chi connectivity index (χ0) is 25.4. The van der Waals surface area contributed by atoms with E-state index in [1.165, 1.54) is 80.5 Å². The van der Waals surface area contributed by atoms with Crippen LogP contribution in [0.25, 0.3) is 21.9 Å². The summed E-state index contributed by atoms with van der Waals surface area (Å²) in [6.07, 6.45) is 14.4. The molecule has 7 rings (SSSR count).